The molecule has 2 aliphatic rings. The first-order chi connectivity index (χ1) is 19.5. The Morgan fingerprint density at radius 2 is 1.90 bits per heavy atom. The first kappa shape index (κ1) is 28.8. The Hall–Kier alpha value is -3.74. The highest BCUT2D eigenvalue weighted by Gasteiger charge is 2.35. The molecule has 3 aromatic rings. The Morgan fingerprint density at radius 3 is 2.59 bits per heavy atom. The number of hydrazine groups is 2. The fourth-order valence-electron chi connectivity index (χ4n) is 4.94. The molecule has 9 nitrogen and oxygen atoms in total. The Kier molecular flexibility index (Phi) is 8.16. The molecule has 0 saturated carbocycles. The number of nitrogens with zero attached hydrogens (tertiary/aromatic N) is 4. The van der Waals surface area contributed by atoms with Gasteiger partial charge in [-0.3, -0.25) is 14.5 Å². The molecule has 3 heterocycles. The van der Waals surface area contributed by atoms with Gasteiger partial charge in [0.25, 0.3) is 5.91 Å². The van der Waals surface area contributed by atoms with Crippen LogP contribution in [-0.4, -0.2) is 46.8 Å². The number of hydrogen-bond acceptors (Lipinski definition) is 7. The third-order valence-electron chi connectivity index (χ3n) is 7.40. The number of aromatic nitrogens is 2. The number of benzene rings is 2. The van der Waals surface area contributed by atoms with Gasteiger partial charge in [-0.1, -0.05) is 17.7 Å². The van der Waals surface area contributed by atoms with Crippen molar-refractivity contribution in [2.45, 2.75) is 32.9 Å². The van der Waals surface area contributed by atoms with Crippen LogP contribution in [0.3, 0.4) is 0 Å². The first-order valence-corrected chi connectivity index (χ1v) is 13.7. The molecule has 1 fully saturated rings. The number of nitrogens with one attached hydrogen (secondary N) is 4. The molecule has 0 radical (unpaired) electrons. The minimum Gasteiger partial charge on any atom is -0.383 e. The van der Waals surface area contributed by atoms with Gasteiger partial charge in [0.05, 0.1) is 33.9 Å². The highest BCUT2D eigenvalue weighted by atomic mass is 35.5. The van der Waals surface area contributed by atoms with E-state index in [-0.39, 0.29) is 11.3 Å². The predicted molar refractivity (Wildman–Crippen MR) is 154 cm³/mol. The van der Waals surface area contributed by atoms with E-state index in [1.54, 1.807) is 28.0 Å². The van der Waals surface area contributed by atoms with Crippen LogP contribution in [0.2, 0.25) is 5.02 Å². The number of rotatable bonds is 8. The molecule has 1 saturated heterocycles. The monoisotopic (exact) mass is 588 g/mol. The Labute approximate surface area is 241 Å². The van der Waals surface area contributed by atoms with E-state index in [9.17, 15) is 18.0 Å². The lowest BCUT2D eigenvalue weighted by molar-refractivity contribution is -0.137. The van der Waals surface area contributed by atoms with Crippen molar-refractivity contribution in [2.75, 3.05) is 41.8 Å². The van der Waals surface area contributed by atoms with E-state index < -0.39 is 22.7 Å². The molecule has 13 heteroatoms. The molecule has 0 aliphatic carbocycles. The van der Waals surface area contributed by atoms with Gasteiger partial charge < -0.3 is 21.0 Å². The van der Waals surface area contributed by atoms with Crippen LogP contribution in [0.4, 0.5) is 30.2 Å². The summed E-state index contributed by atoms with van der Waals surface area (Å²) in [6, 6.07) is 7.42. The van der Waals surface area contributed by atoms with Gasteiger partial charge in [0, 0.05) is 48.8 Å². The number of likely N-dealkylation sites (tertiary alicyclic amines) is 1. The van der Waals surface area contributed by atoms with Gasteiger partial charge in [0.2, 0.25) is 0 Å². The molecule has 0 bridgehead atoms. The quantitative estimate of drug-likeness (QED) is 0.284. The van der Waals surface area contributed by atoms with Crippen LogP contribution in [0.5, 0.6) is 0 Å². The maximum atomic E-state index is 13.8. The minimum absolute atomic E-state index is 0.0751. The highest BCUT2D eigenvalue weighted by Crippen LogP contribution is 2.39. The lowest BCUT2D eigenvalue weighted by atomic mass is 10.1. The third kappa shape index (κ3) is 6.29. The van der Waals surface area contributed by atoms with Crippen LogP contribution in [0.1, 0.15) is 45.6 Å². The lowest BCUT2D eigenvalue weighted by Crippen LogP contribution is -2.36. The molecular weight excluding hydrogens is 557 g/mol. The smallest absolute Gasteiger partial charge is 0.383 e. The van der Waals surface area contributed by atoms with Crippen molar-refractivity contribution < 1.29 is 18.0 Å². The molecule has 0 unspecified atom stereocenters. The maximum Gasteiger partial charge on any atom is 0.417 e. The van der Waals surface area contributed by atoms with Crippen molar-refractivity contribution in [1.82, 2.24) is 25.6 Å². The second-order valence-electron chi connectivity index (χ2n) is 10.2. The van der Waals surface area contributed by atoms with Gasteiger partial charge in [0.1, 0.15) is 0 Å². The molecule has 218 valence electrons. The van der Waals surface area contributed by atoms with Crippen LogP contribution >= 0.6 is 11.6 Å². The largest absolute Gasteiger partial charge is 0.417 e. The summed E-state index contributed by atoms with van der Waals surface area (Å²) in [4.78, 5) is 15.4. The summed E-state index contributed by atoms with van der Waals surface area (Å²) in [7, 11) is 1.86. The lowest BCUT2D eigenvalue weighted by Gasteiger charge is -2.20. The minimum atomic E-state index is -4.72. The van der Waals surface area contributed by atoms with E-state index in [1.165, 1.54) is 6.07 Å². The number of carbonyl (C=O) groups excluding carboxylic acids is 1. The van der Waals surface area contributed by atoms with Crippen LogP contribution in [0, 0.1) is 13.8 Å². The average Bonchev–Trinajstić information content (AvgIpc) is 3.68. The summed E-state index contributed by atoms with van der Waals surface area (Å²) >= 11 is 6.15. The molecule has 2 aliphatic heterocycles. The standard InChI is InChI=1S/C28H32ClF3N8O/c1-17-6-7-20(14-25(17)40-16-24(36-37-40)21-15-34-38(3)18(21)2)35-27(41)19-12-22(28(30,31)32)26(29)23(13-19)33-8-11-39-9-4-5-10-39/h6-7,12-16,33,36-37H,4-5,8-11H2,1-3H3,(H,35,41). The maximum absolute atomic E-state index is 13.8. The number of amides is 1. The molecule has 1 amide bonds. The molecule has 1 aromatic heterocycles. The summed E-state index contributed by atoms with van der Waals surface area (Å²) in [6.07, 6.45) is 1.13. The molecule has 41 heavy (non-hydrogen) atoms. The van der Waals surface area contributed by atoms with Crippen molar-refractivity contribution >= 4 is 40.3 Å². The number of hydrogen-bond donors (Lipinski definition) is 4. The summed E-state index contributed by atoms with van der Waals surface area (Å²) in [5.74, 6) is -0.681. The van der Waals surface area contributed by atoms with Crippen molar-refractivity contribution in [3.63, 3.8) is 0 Å². The fourth-order valence-corrected chi connectivity index (χ4v) is 5.22. The highest BCUT2D eigenvalue weighted by molar-refractivity contribution is 6.34. The zero-order valence-electron chi connectivity index (χ0n) is 23.0. The van der Waals surface area contributed by atoms with Gasteiger partial charge in [-0.15, -0.1) is 5.53 Å². The van der Waals surface area contributed by atoms with E-state index in [4.69, 9.17) is 11.6 Å². The fraction of sp³-hybridized carbons (Fsp3) is 0.357. The number of anilines is 3. The first-order valence-electron chi connectivity index (χ1n) is 13.3. The second-order valence-corrected chi connectivity index (χ2v) is 10.6. The van der Waals surface area contributed by atoms with Gasteiger partial charge >= 0.3 is 6.18 Å². The van der Waals surface area contributed by atoms with Gasteiger partial charge in [0.15, 0.2) is 0 Å². The third-order valence-corrected chi connectivity index (χ3v) is 7.81. The van der Waals surface area contributed by atoms with Crippen molar-refractivity contribution in [2.24, 2.45) is 7.05 Å². The van der Waals surface area contributed by atoms with Crippen LogP contribution in [-0.2, 0) is 13.2 Å². The van der Waals surface area contributed by atoms with E-state index in [2.05, 4.69) is 31.6 Å². The zero-order chi connectivity index (χ0) is 29.3. The molecule has 0 atom stereocenters. The van der Waals surface area contributed by atoms with Gasteiger partial charge in [-0.2, -0.15) is 18.3 Å². The predicted octanol–water partition coefficient (Wildman–Crippen LogP) is 5.30. The van der Waals surface area contributed by atoms with E-state index >= 15 is 0 Å². The summed E-state index contributed by atoms with van der Waals surface area (Å²) < 4.78 is 43.3. The Morgan fingerprint density at radius 1 is 1.15 bits per heavy atom. The molecule has 2 aromatic carbocycles. The van der Waals surface area contributed by atoms with Crippen molar-refractivity contribution in [1.29, 1.82) is 0 Å². The summed E-state index contributed by atoms with van der Waals surface area (Å²) in [6.45, 7) is 6.90. The number of halogens is 4. The molecular formula is C28H32ClF3N8O. The average molecular weight is 589 g/mol. The molecule has 0 spiro atoms. The number of carbonyl (C=O) groups is 1. The number of aryl methyl sites for hydroxylation is 2. The van der Waals surface area contributed by atoms with E-state index in [1.807, 2.05) is 33.2 Å². The van der Waals surface area contributed by atoms with Crippen LogP contribution in [0.15, 0.2) is 42.7 Å². The van der Waals surface area contributed by atoms with Crippen molar-refractivity contribution in [3.05, 3.63) is 75.7 Å². The Bertz CT molecular complexity index is 1480. The van der Waals surface area contributed by atoms with E-state index in [0.717, 1.165) is 60.2 Å². The normalized spacial score (nSPS) is 15.7. The summed E-state index contributed by atoms with van der Waals surface area (Å²) in [5.41, 5.74) is 9.86. The van der Waals surface area contributed by atoms with Crippen LogP contribution in [0.25, 0.3) is 5.70 Å². The van der Waals surface area contributed by atoms with Crippen LogP contribution < -0.4 is 26.6 Å². The molecule has 4 N–H and O–H groups in total. The molecule has 5 rings (SSSR count). The van der Waals surface area contributed by atoms with Gasteiger partial charge in [-0.05, 0) is 69.6 Å². The second kappa shape index (κ2) is 11.6. The topological polar surface area (TPSA) is 89.5 Å². The van der Waals surface area contributed by atoms with Crippen molar-refractivity contribution in [3.8, 4) is 0 Å². The van der Waals surface area contributed by atoms with Gasteiger partial charge in [-0.25, -0.2) is 0 Å². The number of alkyl halides is 3. The summed E-state index contributed by atoms with van der Waals surface area (Å²) in [5, 5.41) is 11.3. The van der Waals surface area contributed by atoms with E-state index in [0.29, 0.717) is 18.8 Å². The zero-order valence-corrected chi connectivity index (χ0v) is 23.7. The SMILES string of the molecule is Cc1ccc(NC(=O)c2cc(NCCN3CCCC3)c(Cl)c(C(F)(F)F)c2)cc1N1C=C(c2cnn(C)c2C)NN1. The Balaban J connectivity index is 1.36.